The molecule has 0 heterocycles. The number of benzene rings is 1. The van der Waals surface area contributed by atoms with Gasteiger partial charge in [-0.2, -0.15) is 0 Å². The van der Waals surface area contributed by atoms with Crippen LogP contribution in [0.15, 0.2) is 30.3 Å². The van der Waals surface area contributed by atoms with Crippen molar-refractivity contribution in [2.45, 2.75) is 19.4 Å². The Labute approximate surface area is 78.5 Å². The number of Topliss-reactive ketones (excluding diaryl/α,β-unsaturated/α-hetero) is 1. The number of hydrogen-bond donors (Lipinski definition) is 0. The molecule has 0 N–H and O–H groups in total. The molecule has 0 aromatic heterocycles. The Morgan fingerprint density at radius 2 is 2.00 bits per heavy atom. The second-order valence-electron chi connectivity index (χ2n) is 2.85. The number of rotatable bonds is 4. The molecule has 0 aliphatic heterocycles. The maximum Gasteiger partial charge on any atom is 0.165 e. The summed E-state index contributed by atoms with van der Waals surface area (Å²) in [5, 5.41) is 0. The van der Waals surface area contributed by atoms with Crippen molar-refractivity contribution in [2.75, 3.05) is 7.11 Å². The van der Waals surface area contributed by atoms with E-state index in [9.17, 15) is 4.79 Å². The maximum absolute atomic E-state index is 11.4. The molecule has 0 aliphatic carbocycles. The monoisotopic (exact) mass is 178 g/mol. The lowest BCUT2D eigenvalue weighted by Crippen LogP contribution is -2.13. The predicted octanol–water partition coefficient (Wildman–Crippen LogP) is 2.35. The van der Waals surface area contributed by atoms with Crippen molar-refractivity contribution in [3.63, 3.8) is 0 Å². The molecule has 2 heteroatoms. The third kappa shape index (κ3) is 2.39. The lowest BCUT2D eigenvalue weighted by molar-refractivity contribution is -0.128. The van der Waals surface area contributed by atoms with Crippen LogP contribution in [0.4, 0.5) is 0 Å². The lowest BCUT2D eigenvalue weighted by atomic mass is 10.0. The smallest absolute Gasteiger partial charge is 0.165 e. The van der Waals surface area contributed by atoms with Gasteiger partial charge in [-0.05, 0) is 5.56 Å². The molecule has 1 aromatic carbocycles. The lowest BCUT2D eigenvalue weighted by Gasteiger charge is -2.12. The zero-order valence-corrected chi connectivity index (χ0v) is 7.99. The first kappa shape index (κ1) is 9.93. The Balaban J connectivity index is 2.85. The van der Waals surface area contributed by atoms with E-state index in [-0.39, 0.29) is 5.78 Å². The zero-order chi connectivity index (χ0) is 9.68. The van der Waals surface area contributed by atoms with Gasteiger partial charge in [-0.3, -0.25) is 4.79 Å². The highest BCUT2D eigenvalue weighted by Gasteiger charge is 2.16. The molecular formula is C11H14O2. The van der Waals surface area contributed by atoms with Crippen molar-refractivity contribution in [1.82, 2.24) is 0 Å². The van der Waals surface area contributed by atoms with Crippen LogP contribution in [0.1, 0.15) is 25.0 Å². The molecule has 0 aliphatic rings. The molecule has 1 atom stereocenters. The predicted molar refractivity (Wildman–Crippen MR) is 51.5 cm³/mol. The van der Waals surface area contributed by atoms with Crippen molar-refractivity contribution in [1.29, 1.82) is 0 Å². The van der Waals surface area contributed by atoms with Crippen LogP contribution in [0.25, 0.3) is 0 Å². The van der Waals surface area contributed by atoms with Gasteiger partial charge in [0, 0.05) is 13.5 Å². The SMILES string of the molecule is CCC(=O)[C@H](OC)c1ccccc1. The first-order valence-corrected chi connectivity index (χ1v) is 4.40. The summed E-state index contributed by atoms with van der Waals surface area (Å²) in [6, 6.07) is 9.55. The quantitative estimate of drug-likeness (QED) is 0.707. The normalized spacial score (nSPS) is 12.5. The topological polar surface area (TPSA) is 26.3 Å². The average Bonchev–Trinajstić information content (AvgIpc) is 2.20. The number of methoxy groups -OCH3 is 1. The van der Waals surface area contributed by atoms with Crippen LogP contribution < -0.4 is 0 Å². The molecule has 0 fully saturated rings. The Kier molecular flexibility index (Phi) is 3.65. The second kappa shape index (κ2) is 4.77. The Bertz CT molecular complexity index is 267. The fraction of sp³-hybridized carbons (Fsp3) is 0.364. The third-order valence-corrected chi connectivity index (χ3v) is 1.98. The minimum atomic E-state index is -0.397. The first-order valence-electron chi connectivity index (χ1n) is 4.40. The fourth-order valence-corrected chi connectivity index (χ4v) is 1.27. The van der Waals surface area contributed by atoms with Crippen LogP contribution in [-0.2, 0) is 9.53 Å². The molecule has 0 radical (unpaired) electrons. The Morgan fingerprint density at radius 1 is 1.38 bits per heavy atom. The van der Waals surface area contributed by atoms with Crippen LogP contribution in [-0.4, -0.2) is 12.9 Å². The summed E-state index contributed by atoms with van der Waals surface area (Å²) in [6.45, 7) is 1.84. The van der Waals surface area contributed by atoms with E-state index in [1.807, 2.05) is 37.3 Å². The largest absolute Gasteiger partial charge is 0.369 e. The Hall–Kier alpha value is -1.15. The van der Waals surface area contributed by atoms with E-state index >= 15 is 0 Å². The minimum Gasteiger partial charge on any atom is -0.369 e. The van der Waals surface area contributed by atoms with Gasteiger partial charge in [-0.25, -0.2) is 0 Å². The molecule has 0 saturated carbocycles. The van der Waals surface area contributed by atoms with Gasteiger partial charge in [0.1, 0.15) is 6.10 Å². The number of hydrogen-bond acceptors (Lipinski definition) is 2. The molecule has 0 unspecified atom stereocenters. The minimum absolute atomic E-state index is 0.119. The van der Waals surface area contributed by atoms with E-state index in [0.29, 0.717) is 6.42 Å². The molecule has 1 aromatic rings. The summed E-state index contributed by atoms with van der Waals surface area (Å²) in [5.41, 5.74) is 0.928. The fourth-order valence-electron chi connectivity index (χ4n) is 1.27. The summed E-state index contributed by atoms with van der Waals surface area (Å²) in [4.78, 5) is 11.4. The number of ketones is 1. The van der Waals surface area contributed by atoms with Crippen molar-refractivity contribution in [2.24, 2.45) is 0 Å². The molecule has 0 bridgehead atoms. The molecular weight excluding hydrogens is 164 g/mol. The van der Waals surface area contributed by atoms with Gasteiger partial charge >= 0.3 is 0 Å². The number of carbonyl (C=O) groups is 1. The van der Waals surface area contributed by atoms with Gasteiger partial charge < -0.3 is 4.74 Å². The standard InChI is InChI=1S/C11H14O2/c1-3-10(12)11(13-2)9-7-5-4-6-8-9/h4-8,11H,3H2,1-2H3/t11-/m1/s1. The van der Waals surface area contributed by atoms with E-state index < -0.39 is 6.10 Å². The van der Waals surface area contributed by atoms with E-state index in [1.165, 1.54) is 0 Å². The van der Waals surface area contributed by atoms with Crippen molar-refractivity contribution in [3.05, 3.63) is 35.9 Å². The Morgan fingerprint density at radius 3 is 2.46 bits per heavy atom. The molecule has 13 heavy (non-hydrogen) atoms. The molecule has 0 amide bonds. The van der Waals surface area contributed by atoms with E-state index in [0.717, 1.165) is 5.56 Å². The van der Waals surface area contributed by atoms with Gasteiger partial charge in [0.05, 0.1) is 0 Å². The van der Waals surface area contributed by atoms with Gasteiger partial charge in [0.15, 0.2) is 5.78 Å². The summed E-state index contributed by atoms with van der Waals surface area (Å²) in [5.74, 6) is 0.119. The molecule has 0 saturated heterocycles. The second-order valence-corrected chi connectivity index (χ2v) is 2.85. The van der Waals surface area contributed by atoms with Crippen molar-refractivity contribution >= 4 is 5.78 Å². The highest BCUT2D eigenvalue weighted by atomic mass is 16.5. The van der Waals surface area contributed by atoms with Crippen LogP contribution in [0.5, 0.6) is 0 Å². The highest BCUT2D eigenvalue weighted by Crippen LogP contribution is 2.18. The number of ether oxygens (including phenoxy) is 1. The van der Waals surface area contributed by atoms with Gasteiger partial charge in [-0.1, -0.05) is 37.3 Å². The highest BCUT2D eigenvalue weighted by molar-refractivity contribution is 5.84. The van der Waals surface area contributed by atoms with Crippen LogP contribution in [0.3, 0.4) is 0 Å². The van der Waals surface area contributed by atoms with Gasteiger partial charge in [0.25, 0.3) is 0 Å². The summed E-state index contributed by atoms with van der Waals surface area (Å²) in [7, 11) is 1.56. The first-order chi connectivity index (χ1) is 6.29. The van der Waals surface area contributed by atoms with Gasteiger partial charge in [-0.15, -0.1) is 0 Å². The van der Waals surface area contributed by atoms with Crippen molar-refractivity contribution < 1.29 is 9.53 Å². The molecule has 1 rings (SSSR count). The van der Waals surface area contributed by atoms with Crippen molar-refractivity contribution in [3.8, 4) is 0 Å². The third-order valence-electron chi connectivity index (χ3n) is 1.98. The molecule has 70 valence electrons. The maximum atomic E-state index is 11.4. The van der Waals surface area contributed by atoms with E-state index in [1.54, 1.807) is 7.11 Å². The van der Waals surface area contributed by atoms with Crippen LogP contribution in [0.2, 0.25) is 0 Å². The van der Waals surface area contributed by atoms with Crippen LogP contribution in [0, 0.1) is 0 Å². The summed E-state index contributed by atoms with van der Waals surface area (Å²) < 4.78 is 5.14. The average molecular weight is 178 g/mol. The van der Waals surface area contributed by atoms with E-state index in [4.69, 9.17) is 4.74 Å². The zero-order valence-electron chi connectivity index (χ0n) is 7.99. The number of carbonyl (C=O) groups excluding carboxylic acids is 1. The van der Waals surface area contributed by atoms with Gasteiger partial charge in [0.2, 0.25) is 0 Å². The summed E-state index contributed by atoms with van der Waals surface area (Å²) in [6.07, 6.45) is 0.110. The molecule has 0 spiro atoms. The summed E-state index contributed by atoms with van der Waals surface area (Å²) >= 11 is 0. The van der Waals surface area contributed by atoms with Crippen LogP contribution >= 0.6 is 0 Å². The van der Waals surface area contributed by atoms with E-state index in [2.05, 4.69) is 0 Å². The molecule has 2 nitrogen and oxygen atoms in total.